The highest BCUT2D eigenvalue weighted by Gasteiger charge is 2.07. The number of hydrogen-bond donors (Lipinski definition) is 1. The van der Waals surface area contributed by atoms with E-state index in [9.17, 15) is 5.11 Å². The molecule has 1 aromatic rings. The molecular formula is C11H14O2. The van der Waals surface area contributed by atoms with Gasteiger partial charge in [0.15, 0.2) is 11.5 Å². The summed E-state index contributed by atoms with van der Waals surface area (Å²) in [6.45, 7) is 5.60. The van der Waals surface area contributed by atoms with E-state index in [-0.39, 0.29) is 5.75 Å². The largest absolute Gasteiger partial charge is 0.504 e. The molecule has 0 heterocycles. The lowest BCUT2D eigenvalue weighted by Crippen LogP contribution is -1.93. The van der Waals surface area contributed by atoms with Crippen LogP contribution in [0.5, 0.6) is 11.5 Å². The van der Waals surface area contributed by atoms with E-state index in [2.05, 4.69) is 6.58 Å². The van der Waals surface area contributed by atoms with Crippen molar-refractivity contribution in [1.29, 1.82) is 0 Å². The normalized spacial score (nSPS) is 9.69. The number of methoxy groups -OCH3 is 1. The molecule has 0 unspecified atom stereocenters. The van der Waals surface area contributed by atoms with Gasteiger partial charge in [-0.05, 0) is 30.5 Å². The average molecular weight is 178 g/mol. The standard InChI is InChI=1S/C11H14O2/c1-4-5-9-6-7-10(12)11(13-3)8(9)2/h4,6-7,12H,1,5H2,2-3H3. The van der Waals surface area contributed by atoms with Gasteiger partial charge in [-0.15, -0.1) is 6.58 Å². The fourth-order valence-electron chi connectivity index (χ4n) is 1.35. The molecule has 0 amide bonds. The van der Waals surface area contributed by atoms with E-state index in [1.54, 1.807) is 13.2 Å². The first-order valence-electron chi connectivity index (χ1n) is 4.17. The van der Waals surface area contributed by atoms with E-state index in [4.69, 9.17) is 4.74 Å². The number of hydrogen-bond acceptors (Lipinski definition) is 2. The number of benzene rings is 1. The number of rotatable bonds is 3. The molecule has 0 saturated carbocycles. The van der Waals surface area contributed by atoms with E-state index in [1.807, 2.05) is 19.1 Å². The average Bonchev–Trinajstić information content (AvgIpc) is 2.11. The molecule has 70 valence electrons. The summed E-state index contributed by atoms with van der Waals surface area (Å²) in [5.41, 5.74) is 2.10. The highest BCUT2D eigenvalue weighted by atomic mass is 16.5. The van der Waals surface area contributed by atoms with Crippen molar-refractivity contribution in [2.24, 2.45) is 0 Å². The summed E-state index contributed by atoms with van der Waals surface area (Å²) in [4.78, 5) is 0. The van der Waals surface area contributed by atoms with E-state index >= 15 is 0 Å². The quantitative estimate of drug-likeness (QED) is 0.720. The number of allylic oxidation sites excluding steroid dienone is 1. The summed E-state index contributed by atoms with van der Waals surface area (Å²) in [7, 11) is 1.56. The zero-order valence-corrected chi connectivity index (χ0v) is 8.00. The van der Waals surface area contributed by atoms with Gasteiger partial charge in [-0.3, -0.25) is 0 Å². The van der Waals surface area contributed by atoms with Crippen LogP contribution in [-0.4, -0.2) is 12.2 Å². The lowest BCUT2D eigenvalue weighted by atomic mass is 10.0. The maximum absolute atomic E-state index is 9.43. The molecule has 0 fully saturated rings. The molecule has 2 nitrogen and oxygen atoms in total. The molecule has 0 spiro atoms. The minimum atomic E-state index is 0.188. The van der Waals surface area contributed by atoms with Crippen LogP contribution in [0.3, 0.4) is 0 Å². The molecule has 0 aliphatic rings. The first kappa shape index (κ1) is 9.65. The summed E-state index contributed by atoms with van der Waals surface area (Å²) >= 11 is 0. The number of aromatic hydroxyl groups is 1. The Bertz CT molecular complexity index is 316. The number of ether oxygens (including phenoxy) is 1. The van der Waals surface area contributed by atoms with E-state index in [1.165, 1.54) is 0 Å². The molecule has 1 aromatic carbocycles. The van der Waals surface area contributed by atoms with Gasteiger partial charge in [-0.25, -0.2) is 0 Å². The fraction of sp³-hybridized carbons (Fsp3) is 0.273. The molecule has 0 atom stereocenters. The molecule has 2 heteroatoms. The second-order valence-electron chi connectivity index (χ2n) is 2.89. The highest BCUT2D eigenvalue weighted by molar-refractivity contribution is 5.49. The Morgan fingerprint density at radius 1 is 1.54 bits per heavy atom. The lowest BCUT2D eigenvalue weighted by molar-refractivity contribution is 0.370. The molecule has 1 rings (SSSR count). The van der Waals surface area contributed by atoms with Gasteiger partial charge in [-0.2, -0.15) is 0 Å². The van der Waals surface area contributed by atoms with Crippen LogP contribution in [0.25, 0.3) is 0 Å². The molecular weight excluding hydrogens is 164 g/mol. The van der Waals surface area contributed by atoms with Gasteiger partial charge in [0, 0.05) is 0 Å². The zero-order valence-electron chi connectivity index (χ0n) is 8.00. The summed E-state index contributed by atoms with van der Waals surface area (Å²) in [6.07, 6.45) is 2.63. The maximum atomic E-state index is 9.43. The SMILES string of the molecule is C=CCc1ccc(O)c(OC)c1C. The number of phenols is 1. The lowest BCUT2D eigenvalue weighted by Gasteiger charge is -2.10. The van der Waals surface area contributed by atoms with Gasteiger partial charge >= 0.3 is 0 Å². The maximum Gasteiger partial charge on any atom is 0.163 e. The van der Waals surface area contributed by atoms with Gasteiger partial charge in [0.1, 0.15) is 0 Å². The molecule has 0 radical (unpaired) electrons. The molecule has 0 aliphatic carbocycles. The Kier molecular flexibility index (Phi) is 2.96. The molecule has 0 saturated heterocycles. The summed E-state index contributed by atoms with van der Waals surface area (Å²) < 4.78 is 5.08. The topological polar surface area (TPSA) is 29.5 Å². The summed E-state index contributed by atoms with van der Waals surface area (Å²) in [5.74, 6) is 0.743. The zero-order chi connectivity index (χ0) is 9.84. The van der Waals surface area contributed by atoms with Crippen molar-refractivity contribution in [1.82, 2.24) is 0 Å². The van der Waals surface area contributed by atoms with Crippen molar-refractivity contribution in [3.05, 3.63) is 35.9 Å². The van der Waals surface area contributed by atoms with Gasteiger partial charge < -0.3 is 9.84 Å². The van der Waals surface area contributed by atoms with Crippen molar-refractivity contribution in [2.45, 2.75) is 13.3 Å². The predicted molar refractivity (Wildman–Crippen MR) is 53.3 cm³/mol. The first-order valence-corrected chi connectivity index (χ1v) is 4.17. The van der Waals surface area contributed by atoms with Gasteiger partial charge in [0.2, 0.25) is 0 Å². The minimum Gasteiger partial charge on any atom is -0.504 e. The van der Waals surface area contributed by atoms with Gasteiger partial charge in [0.25, 0.3) is 0 Å². The smallest absolute Gasteiger partial charge is 0.163 e. The Morgan fingerprint density at radius 2 is 2.23 bits per heavy atom. The predicted octanol–water partition coefficient (Wildman–Crippen LogP) is 2.44. The third kappa shape index (κ3) is 1.83. The Morgan fingerprint density at radius 3 is 2.77 bits per heavy atom. The van der Waals surface area contributed by atoms with Crippen molar-refractivity contribution in [3.63, 3.8) is 0 Å². The first-order chi connectivity index (χ1) is 6.20. The third-order valence-electron chi connectivity index (χ3n) is 2.07. The van der Waals surface area contributed by atoms with Crippen LogP contribution in [-0.2, 0) is 6.42 Å². The molecule has 0 aromatic heterocycles. The van der Waals surface area contributed by atoms with Crippen LogP contribution < -0.4 is 4.74 Å². The van der Waals surface area contributed by atoms with Crippen LogP contribution in [0.4, 0.5) is 0 Å². The highest BCUT2D eigenvalue weighted by Crippen LogP contribution is 2.31. The van der Waals surface area contributed by atoms with Crippen molar-refractivity contribution < 1.29 is 9.84 Å². The molecule has 13 heavy (non-hydrogen) atoms. The monoisotopic (exact) mass is 178 g/mol. The second kappa shape index (κ2) is 3.99. The van der Waals surface area contributed by atoms with Crippen molar-refractivity contribution in [2.75, 3.05) is 7.11 Å². The van der Waals surface area contributed by atoms with Crippen LogP contribution >= 0.6 is 0 Å². The molecule has 0 aliphatic heterocycles. The Labute approximate surface area is 78.5 Å². The van der Waals surface area contributed by atoms with Crippen LogP contribution in [0.1, 0.15) is 11.1 Å². The van der Waals surface area contributed by atoms with Crippen molar-refractivity contribution >= 4 is 0 Å². The van der Waals surface area contributed by atoms with Crippen molar-refractivity contribution in [3.8, 4) is 11.5 Å². The number of phenolic OH excluding ortho intramolecular Hbond substituents is 1. The second-order valence-corrected chi connectivity index (χ2v) is 2.89. The third-order valence-corrected chi connectivity index (χ3v) is 2.07. The Balaban J connectivity index is 3.18. The summed E-state index contributed by atoms with van der Waals surface area (Å²) in [6, 6.07) is 3.53. The van der Waals surface area contributed by atoms with Gasteiger partial charge in [0.05, 0.1) is 7.11 Å². The molecule has 0 bridgehead atoms. The van der Waals surface area contributed by atoms with Gasteiger partial charge in [-0.1, -0.05) is 12.1 Å². The summed E-state index contributed by atoms with van der Waals surface area (Å²) in [5, 5.41) is 9.43. The van der Waals surface area contributed by atoms with Crippen LogP contribution in [0.2, 0.25) is 0 Å². The minimum absolute atomic E-state index is 0.188. The fourth-order valence-corrected chi connectivity index (χ4v) is 1.35. The molecule has 1 N–H and O–H groups in total. The van der Waals surface area contributed by atoms with E-state index in [0.29, 0.717) is 5.75 Å². The van der Waals surface area contributed by atoms with Crippen LogP contribution in [0.15, 0.2) is 24.8 Å². The Hall–Kier alpha value is -1.44. The van der Waals surface area contributed by atoms with Crippen LogP contribution in [0, 0.1) is 6.92 Å². The van der Waals surface area contributed by atoms with E-state index in [0.717, 1.165) is 17.5 Å². The van der Waals surface area contributed by atoms with E-state index < -0.39 is 0 Å².